The molecular formula is C27H35ClN6O2. The molecular weight excluding hydrogens is 476 g/mol. The van der Waals surface area contributed by atoms with Gasteiger partial charge in [-0.3, -0.25) is 18.3 Å². The Labute approximate surface area is 215 Å². The largest absolute Gasteiger partial charge is 0.330 e. The van der Waals surface area contributed by atoms with Gasteiger partial charge in [0, 0.05) is 38.8 Å². The zero-order chi connectivity index (χ0) is 26.2. The van der Waals surface area contributed by atoms with Crippen molar-refractivity contribution in [2.24, 2.45) is 30.8 Å². The van der Waals surface area contributed by atoms with Crippen LogP contribution in [0.1, 0.15) is 59.1 Å². The van der Waals surface area contributed by atoms with Gasteiger partial charge in [-0.25, -0.2) is 19.6 Å². The van der Waals surface area contributed by atoms with Gasteiger partial charge in [0.2, 0.25) is 0 Å². The van der Waals surface area contributed by atoms with Crippen molar-refractivity contribution in [3.05, 3.63) is 56.1 Å². The lowest BCUT2D eigenvalue weighted by molar-refractivity contribution is 0.263. The Kier molecular flexibility index (Phi) is 5.74. The van der Waals surface area contributed by atoms with Crippen molar-refractivity contribution in [1.82, 2.24) is 28.2 Å². The molecule has 0 bridgehead atoms. The third-order valence-corrected chi connectivity index (χ3v) is 7.50. The topological polar surface area (TPSA) is 79.6 Å². The zero-order valence-corrected chi connectivity index (χ0v) is 22.9. The Morgan fingerprint density at radius 3 is 2.03 bits per heavy atom. The number of fused-ring (bicyclic) bond motifs is 2. The van der Waals surface area contributed by atoms with Crippen molar-refractivity contribution in [3.63, 3.8) is 0 Å². The fraction of sp³-hybridized carbons (Fsp3) is 0.556. The van der Waals surface area contributed by atoms with Crippen LogP contribution in [0.25, 0.3) is 22.3 Å². The Hall–Kier alpha value is -2.87. The summed E-state index contributed by atoms with van der Waals surface area (Å²) in [4.78, 5) is 35.1. The maximum Gasteiger partial charge on any atom is 0.330 e. The predicted octanol–water partition coefficient (Wildman–Crippen LogP) is 4.70. The minimum absolute atomic E-state index is 0.00167. The quantitative estimate of drug-likeness (QED) is 0.352. The molecule has 1 aliphatic rings. The molecule has 1 aliphatic carbocycles. The zero-order valence-electron chi connectivity index (χ0n) is 22.2. The number of aromatic nitrogens is 6. The first-order valence-electron chi connectivity index (χ1n) is 12.5. The highest BCUT2D eigenvalue weighted by Crippen LogP contribution is 2.52. The molecule has 1 fully saturated rings. The van der Waals surface area contributed by atoms with Crippen LogP contribution in [-0.4, -0.2) is 28.2 Å². The van der Waals surface area contributed by atoms with Gasteiger partial charge in [-0.15, -0.1) is 0 Å². The van der Waals surface area contributed by atoms with Gasteiger partial charge >= 0.3 is 11.4 Å². The highest BCUT2D eigenvalue weighted by Gasteiger charge is 2.43. The first-order chi connectivity index (χ1) is 16.8. The molecule has 2 unspecified atom stereocenters. The summed E-state index contributed by atoms with van der Waals surface area (Å²) in [6.07, 6.45) is 2.05. The molecule has 4 heterocycles. The minimum atomic E-state index is -0.0931. The van der Waals surface area contributed by atoms with Gasteiger partial charge in [0.15, 0.2) is 11.3 Å². The molecule has 0 aliphatic heterocycles. The SMILES string of the molecule is Cn1c(=O)n(CC(C)(C)CC2CC2c2ccc3c(n2)n(C)c(=O)n3CC(C)(C)C)c2ccc(Cl)nc21. The van der Waals surface area contributed by atoms with E-state index in [4.69, 9.17) is 16.6 Å². The molecule has 0 radical (unpaired) electrons. The number of aryl methyl sites for hydroxylation is 2. The summed E-state index contributed by atoms with van der Waals surface area (Å²) < 4.78 is 6.88. The van der Waals surface area contributed by atoms with E-state index in [0.717, 1.165) is 35.2 Å². The molecule has 0 spiro atoms. The number of pyridine rings is 2. The molecule has 0 aromatic carbocycles. The number of imidazole rings is 2. The molecule has 1 saturated carbocycles. The van der Waals surface area contributed by atoms with Crippen molar-refractivity contribution in [1.29, 1.82) is 0 Å². The Balaban J connectivity index is 1.36. The fourth-order valence-corrected chi connectivity index (χ4v) is 5.71. The third-order valence-electron chi connectivity index (χ3n) is 7.29. The van der Waals surface area contributed by atoms with E-state index in [9.17, 15) is 9.59 Å². The van der Waals surface area contributed by atoms with Gasteiger partial charge in [-0.05, 0) is 53.9 Å². The molecule has 0 N–H and O–H groups in total. The van der Waals surface area contributed by atoms with Crippen LogP contribution >= 0.6 is 11.6 Å². The van der Waals surface area contributed by atoms with E-state index < -0.39 is 0 Å². The second kappa shape index (κ2) is 8.33. The molecule has 4 aromatic rings. The lowest BCUT2D eigenvalue weighted by Gasteiger charge is -2.25. The molecule has 5 rings (SSSR count). The fourth-order valence-electron chi connectivity index (χ4n) is 5.56. The van der Waals surface area contributed by atoms with E-state index in [1.54, 1.807) is 29.3 Å². The van der Waals surface area contributed by atoms with Crippen molar-refractivity contribution >= 4 is 33.9 Å². The van der Waals surface area contributed by atoms with Gasteiger partial charge in [0.05, 0.1) is 11.0 Å². The Morgan fingerprint density at radius 1 is 0.861 bits per heavy atom. The van der Waals surface area contributed by atoms with Crippen molar-refractivity contribution in [2.45, 2.75) is 66.5 Å². The van der Waals surface area contributed by atoms with Gasteiger partial charge in [0.1, 0.15) is 5.15 Å². The number of rotatable bonds is 6. The van der Waals surface area contributed by atoms with E-state index in [0.29, 0.717) is 35.7 Å². The smallest absolute Gasteiger partial charge is 0.290 e. The average Bonchev–Trinajstić information content (AvgIpc) is 3.46. The predicted molar refractivity (Wildman–Crippen MR) is 144 cm³/mol. The van der Waals surface area contributed by atoms with Crippen LogP contribution in [0, 0.1) is 16.7 Å². The van der Waals surface area contributed by atoms with Gasteiger partial charge in [0.25, 0.3) is 0 Å². The lowest BCUT2D eigenvalue weighted by Crippen LogP contribution is -2.29. The second-order valence-electron chi connectivity index (χ2n) is 12.4. The van der Waals surface area contributed by atoms with E-state index in [2.05, 4.69) is 51.7 Å². The average molecular weight is 511 g/mol. The highest BCUT2D eigenvalue weighted by molar-refractivity contribution is 6.29. The molecule has 9 heteroatoms. The number of hydrogen-bond donors (Lipinski definition) is 0. The lowest BCUT2D eigenvalue weighted by atomic mass is 9.86. The van der Waals surface area contributed by atoms with Crippen LogP contribution in [-0.2, 0) is 27.2 Å². The van der Waals surface area contributed by atoms with Gasteiger partial charge in [-0.2, -0.15) is 0 Å². The molecule has 8 nitrogen and oxygen atoms in total. The number of nitrogens with zero attached hydrogens (tertiary/aromatic N) is 6. The first-order valence-corrected chi connectivity index (χ1v) is 12.9. The monoisotopic (exact) mass is 510 g/mol. The van der Waals surface area contributed by atoms with E-state index >= 15 is 0 Å². The van der Waals surface area contributed by atoms with Crippen LogP contribution in [0.15, 0.2) is 33.9 Å². The molecule has 36 heavy (non-hydrogen) atoms. The maximum absolute atomic E-state index is 12.9. The van der Waals surface area contributed by atoms with Crippen LogP contribution in [0.3, 0.4) is 0 Å². The highest BCUT2D eigenvalue weighted by atomic mass is 35.5. The third kappa shape index (κ3) is 4.40. The minimum Gasteiger partial charge on any atom is -0.290 e. The van der Waals surface area contributed by atoms with Crippen LogP contribution in [0.2, 0.25) is 5.15 Å². The molecule has 0 amide bonds. The molecule has 2 atom stereocenters. The summed E-state index contributed by atoms with van der Waals surface area (Å²) in [6, 6.07) is 7.74. The standard InChI is InChI=1S/C27H35ClN6O2/c1-26(2,3)14-33-19-9-8-18(29-22(19)31(6)24(33)35)17-12-16(17)13-27(4,5)15-34-20-10-11-21(28)30-23(20)32(7)25(34)36/h8-11,16-17H,12-15H2,1-7H3. The summed E-state index contributed by atoms with van der Waals surface area (Å²) in [5, 5.41) is 0.381. The summed E-state index contributed by atoms with van der Waals surface area (Å²) in [6.45, 7) is 12.1. The molecule has 0 saturated heterocycles. The van der Waals surface area contributed by atoms with Gasteiger partial charge < -0.3 is 0 Å². The second-order valence-corrected chi connectivity index (χ2v) is 12.8. The summed E-state index contributed by atoms with van der Waals surface area (Å²) in [7, 11) is 3.54. The molecule has 4 aromatic heterocycles. The molecule has 192 valence electrons. The number of hydrogen-bond acceptors (Lipinski definition) is 4. The first kappa shape index (κ1) is 24.8. The van der Waals surface area contributed by atoms with Crippen LogP contribution < -0.4 is 11.4 Å². The van der Waals surface area contributed by atoms with E-state index in [1.807, 2.05) is 15.2 Å². The number of halogens is 1. The van der Waals surface area contributed by atoms with Gasteiger partial charge in [-0.1, -0.05) is 46.2 Å². The summed E-state index contributed by atoms with van der Waals surface area (Å²) in [5.74, 6) is 0.872. The van der Waals surface area contributed by atoms with Crippen LogP contribution in [0.4, 0.5) is 0 Å². The van der Waals surface area contributed by atoms with Crippen LogP contribution in [0.5, 0.6) is 0 Å². The summed E-state index contributed by atoms with van der Waals surface area (Å²) in [5.41, 5.74) is 3.91. The van der Waals surface area contributed by atoms with E-state index in [-0.39, 0.29) is 22.2 Å². The van der Waals surface area contributed by atoms with Crippen molar-refractivity contribution < 1.29 is 0 Å². The maximum atomic E-state index is 12.9. The Morgan fingerprint density at radius 2 is 1.42 bits per heavy atom. The Bertz CT molecular complexity index is 1600. The van der Waals surface area contributed by atoms with Crippen molar-refractivity contribution in [2.75, 3.05) is 0 Å². The van der Waals surface area contributed by atoms with E-state index in [1.165, 1.54) is 0 Å². The summed E-state index contributed by atoms with van der Waals surface area (Å²) >= 11 is 6.06. The van der Waals surface area contributed by atoms with Crippen molar-refractivity contribution in [3.8, 4) is 0 Å². The normalized spacial score (nSPS) is 18.4.